The highest BCUT2D eigenvalue weighted by atomic mass is 16.1. The molecule has 6 heteroatoms. The van der Waals surface area contributed by atoms with Gasteiger partial charge in [0.15, 0.2) is 0 Å². The molecule has 2 aromatic heterocycles. The van der Waals surface area contributed by atoms with Gasteiger partial charge in [-0.2, -0.15) is 0 Å². The van der Waals surface area contributed by atoms with E-state index >= 15 is 0 Å². The van der Waals surface area contributed by atoms with Gasteiger partial charge in [-0.15, -0.1) is 0 Å². The summed E-state index contributed by atoms with van der Waals surface area (Å²) in [6, 6.07) is 17.5. The molecule has 150 valence electrons. The molecule has 0 unspecified atom stereocenters. The van der Waals surface area contributed by atoms with E-state index in [9.17, 15) is 4.79 Å². The number of anilines is 2. The molecule has 2 N–H and O–H groups in total. The number of aromatic amines is 1. The van der Waals surface area contributed by atoms with Crippen molar-refractivity contribution >= 4 is 28.4 Å². The van der Waals surface area contributed by atoms with E-state index in [-0.39, 0.29) is 5.91 Å². The fourth-order valence-electron chi connectivity index (χ4n) is 4.05. The van der Waals surface area contributed by atoms with Crippen molar-refractivity contribution in [2.45, 2.75) is 19.8 Å². The summed E-state index contributed by atoms with van der Waals surface area (Å²) >= 11 is 0. The van der Waals surface area contributed by atoms with Crippen LogP contribution in [-0.2, 0) is 0 Å². The molecule has 3 heterocycles. The van der Waals surface area contributed by atoms with Crippen molar-refractivity contribution in [1.82, 2.24) is 15.0 Å². The maximum absolute atomic E-state index is 12.8. The number of benzene rings is 2. The zero-order valence-corrected chi connectivity index (χ0v) is 16.9. The Hall–Kier alpha value is -3.67. The minimum absolute atomic E-state index is 0.224. The maximum atomic E-state index is 12.8. The summed E-state index contributed by atoms with van der Waals surface area (Å²) in [6.07, 6.45) is 4.17. The number of imidazole rings is 1. The predicted octanol–water partition coefficient (Wildman–Crippen LogP) is 4.79. The molecular weight excluding hydrogens is 374 g/mol. The lowest BCUT2D eigenvalue weighted by Crippen LogP contribution is -2.17. The first kappa shape index (κ1) is 18.4. The van der Waals surface area contributed by atoms with E-state index < -0.39 is 0 Å². The number of nitrogens with one attached hydrogen (secondary N) is 2. The van der Waals surface area contributed by atoms with E-state index in [0.717, 1.165) is 35.6 Å². The van der Waals surface area contributed by atoms with Crippen LogP contribution in [0.1, 0.15) is 28.8 Å². The fourth-order valence-corrected chi connectivity index (χ4v) is 4.05. The van der Waals surface area contributed by atoms with Crippen LogP contribution in [0.25, 0.3) is 22.4 Å². The third kappa shape index (κ3) is 3.41. The van der Waals surface area contributed by atoms with Crippen molar-refractivity contribution in [3.63, 3.8) is 0 Å². The summed E-state index contributed by atoms with van der Waals surface area (Å²) in [6.45, 7) is 4.35. The minimum Gasteiger partial charge on any atom is -0.372 e. The number of hydrogen-bond donors (Lipinski definition) is 2. The lowest BCUT2D eigenvalue weighted by molar-refractivity contribution is 0.102. The van der Waals surface area contributed by atoms with Crippen molar-refractivity contribution in [2.24, 2.45) is 0 Å². The van der Waals surface area contributed by atoms with Gasteiger partial charge in [-0.3, -0.25) is 4.79 Å². The summed E-state index contributed by atoms with van der Waals surface area (Å²) in [5.74, 6) is 1.07. The molecule has 6 nitrogen and oxygen atoms in total. The van der Waals surface area contributed by atoms with Crippen LogP contribution >= 0.6 is 0 Å². The summed E-state index contributed by atoms with van der Waals surface area (Å²) in [5, 5.41) is 2.84. The summed E-state index contributed by atoms with van der Waals surface area (Å²) in [7, 11) is 0. The molecule has 0 spiro atoms. The number of hydrogen-bond acceptors (Lipinski definition) is 4. The molecule has 4 aromatic rings. The number of H-pyrrole nitrogens is 1. The van der Waals surface area contributed by atoms with Crippen LogP contribution in [0.15, 0.2) is 60.8 Å². The van der Waals surface area contributed by atoms with E-state index in [1.807, 2.05) is 24.3 Å². The van der Waals surface area contributed by atoms with Gasteiger partial charge >= 0.3 is 0 Å². The van der Waals surface area contributed by atoms with Gasteiger partial charge in [-0.1, -0.05) is 12.1 Å². The highest BCUT2D eigenvalue weighted by Gasteiger charge is 2.17. The Kier molecular flexibility index (Phi) is 4.67. The van der Waals surface area contributed by atoms with Gasteiger partial charge in [0.25, 0.3) is 5.91 Å². The van der Waals surface area contributed by atoms with Gasteiger partial charge in [-0.05, 0) is 67.8 Å². The highest BCUT2D eigenvalue weighted by molar-refractivity contribution is 6.11. The predicted molar refractivity (Wildman–Crippen MR) is 120 cm³/mol. The Labute approximate surface area is 175 Å². The molecule has 1 saturated heterocycles. The third-order valence-corrected chi connectivity index (χ3v) is 5.60. The van der Waals surface area contributed by atoms with Gasteiger partial charge in [0.1, 0.15) is 17.2 Å². The van der Waals surface area contributed by atoms with Crippen molar-refractivity contribution < 1.29 is 4.79 Å². The molecule has 0 bridgehead atoms. The summed E-state index contributed by atoms with van der Waals surface area (Å²) in [4.78, 5) is 27.6. The molecule has 0 atom stereocenters. The zero-order valence-electron chi connectivity index (χ0n) is 16.9. The second-order valence-corrected chi connectivity index (χ2v) is 7.65. The molecule has 5 rings (SSSR count). The number of aryl methyl sites for hydroxylation is 1. The Bertz CT molecular complexity index is 1210. The van der Waals surface area contributed by atoms with E-state index in [4.69, 9.17) is 4.98 Å². The summed E-state index contributed by atoms with van der Waals surface area (Å²) in [5.41, 5.74) is 5.49. The number of carbonyl (C=O) groups excluding carboxylic acids is 1. The number of pyridine rings is 1. The monoisotopic (exact) mass is 397 g/mol. The van der Waals surface area contributed by atoms with Crippen LogP contribution in [0.5, 0.6) is 0 Å². The SMILES string of the molecule is Cc1cc(N2CCCC2)ccc1-c1nc2c(C(=O)Nc3ccccn3)cccc2[nH]1. The molecular formula is C24H23N5O. The number of fused-ring (bicyclic) bond motifs is 1. The zero-order chi connectivity index (χ0) is 20.5. The topological polar surface area (TPSA) is 73.9 Å². The first-order valence-corrected chi connectivity index (χ1v) is 10.3. The van der Waals surface area contributed by atoms with E-state index in [1.165, 1.54) is 18.5 Å². The van der Waals surface area contributed by atoms with Gasteiger partial charge < -0.3 is 15.2 Å². The second-order valence-electron chi connectivity index (χ2n) is 7.65. The number of nitrogens with zero attached hydrogens (tertiary/aromatic N) is 3. The molecule has 0 aliphatic carbocycles. The third-order valence-electron chi connectivity index (χ3n) is 5.60. The average Bonchev–Trinajstić information content (AvgIpc) is 3.44. The molecule has 1 aliphatic heterocycles. The minimum atomic E-state index is -0.224. The quantitative estimate of drug-likeness (QED) is 0.519. The van der Waals surface area contributed by atoms with Gasteiger partial charge in [-0.25, -0.2) is 9.97 Å². The van der Waals surface area contributed by atoms with Crippen molar-refractivity contribution in [2.75, 3.05) is 23.3 Å². The number of amides is 1. The molecule has 2 aromatic carbocycles. The van der Waals surface area contributed by atoms with Crippen LogP contribution in [0.2, 0.25) is 0 Å². The normalized spacial score (nSPS) is 13.7. The Morgan fingerprint density at radius 2 is 1.93 bits per heavy atom. The smallest absolute Gasteiger partial charge is 0.259 e. The number of carbonyl (C=O) groups is 1. The van der Waals surface area contributed by atoms with Crippen molar-refractivity contribution in [3.05, 3.63) is 71.9 Å². The van der Waals surface area contributed by atoms with Gasteiger partial charge in [0, 0.05) is 30.5 Å². The average molecular weight is 397 g/mol. The first-order chi connectivity index (χ1) is 14.7. The van der Waals surface area contributed by atoms with Crippen molar-refractivity contribution in [1.29, 1.82) is 0 Å². The van der Waals surface area contributed by atoms with Crippen molar-refractivity contribution in [3.8, 4) is 11.4 Å². The molecule has 1 aliphatic rings. The molecule has 0 saturated carbocycles. The highest BCUT2D eigenvalue weighted by Crippen LogP contribution is 2.29. The Morgan fingerprint density at radius 3 is 2.70 bits per heavy atom. The molecule has 30 heavy (non-hydrogen) atoms. The fraction of sp³-hybridized carbons (Fsp3) is 0.208. The lowest BCUT2D eigenvalue weighted by atomic mass is 10.1. The lowest BCUT2D eigenvalue weighted by Gasteiger charge is -2.18. The largest absolute Gasteiger partial charge is 0.372 e. The first-order valence-electron chi connectivity index (χ1n) is 10.3. The van der Waals surface area contributed by atoms with Crippen LogP contribution in [0.4, 0.5) is 11.5 Å². The number of para-hydroxylation sites is 1. The second kappa shape index (κ2) is 7.63. The molecule has 1 amide bonds. The van der Waals surface area contributed by atoms with E-state index in [2.05, 4.69) is 45.3 Å². The number of rotatable bonds is 4. The molecule has 1 fully saturated rings. The van der Waals surface area contributed by atoms with Gasteiger partial charge in [0.05, 0.1) is 11.1 Å². The van der Waals surface area contributed by atoms with E-state index in [1.54, 1.807) is 18.3 Å². The number of aromatic nitrogens is 3. The summed E-state index contributed by atoms with van der Waals surface area (Å²) < 4.78 is 0. The Balaban J connectivity index is 1.48. The van der Waals surface area contributed by atoms with Crippen LogP contribution < -0.4 is 10.2 Å². The van der Waals surface area contributed by atoms with Crippen LogP contribution in [-0.4, -0.2) is 33.9 Å². The van der Waals surface area contributed by atoms with Gasteiger partial charge in [0.2, 0.25) is 0 Å². The molecule has 0 radical (unpaired) electrons. The standard InChI is InChI=1S/C24H23N5O/c1-16-15-17(29-13-4-5-14-29)10-11-18(16)23-26-20-8-6-7-19(22(20)28-23)24(30)27-21-9-2-3-12-25-21/h2-3,6-12,15H,4-5,13-14H2,1H3,(H,26,28)(H,25,27,30). The van der Waals surface area contributed by atoms with Crippen LogP contribution in [0.3, 0.4) is 0 Å². The Morgan fingerprint density at radius 1 is 1.07 bits per heavy atom. The maximum Gasteiger partial charge on any atom is 0.259 e. The van der Waals surface area contributed by atoms with Crippen LogP contribution in [0, 0.1) is 6.92 Å². The van der Waals surface area contributed by atoms with E-state index in [0.29, 0.717) is 16.9 Å².